The Balaban J connectivity index is 3.74. The van der Waals surface area contributed by atoms with Gasteiger partial charge in [0.1, 0.15) is 0 Å². The summed E-state index contributed by atoms with van der Waals surface area (Å²) in [7, 11) is -0.646. The van der Waals surface area contributed by atoms with Crippen LogP contribution in [0.2, 0.25) is 0 Å². The standard InChI is InChI=1S/C11H25NOS/c1-5-7-12-11(6-2)9-14(13)8-10(3)4/h10-12H,5-9H2,1-4H3. The maximum atomic E-state index is 11.7. The lowest BCUT2D eigenvalue weighted by molar-refractivity contribution is 0.532. The maximum Gasteiger partial charge on any atom is 0.0388 e. The van der Waals surface area contributed by atoms with Gasteiger partial charge in [-0.25, -0.2) is 0 Å². The van der Waals surface area contributed by atoms with Gasteiger partial charge in [-0.15, -0.1) is 0 Å². The van der Waals surface area contributed by atoms with E-state index in [1.54, 1.807) is 0 Å². The van der Waals surface area contributed by atoms with E-state index < -0.39 is 10.8 Å². The SMILES string of the molecule is CCCNC(CC)CS(=O)CC(C)C. The first-order valence-corrected chi connectivity index (χ1v) is 7.17. The fourth-order valence-corrected chi connectivity index (χ4v) is 3.02. The van der Waals surface area contributed by atoms with Crippen LogP contribution in [-0.4, -0.2) is 28.3 Å². The minimum Gasteiger partial charge on any atom is -0.313 e. The summed E-state index contributed by atoms with van der Waals surface area (Å²) in [6, 6.07) is 0.439. The first-order chi connectivity index (χ1) is 6.60. The van der Waals surface area contributed by atoms with Crippen LogP contribution in [0.25, 0.3) is 0 Å². The molecule has 0 saturated heterocycles. The highest BCUT2D eigenvalue weighted by Gasteiger charge is 2.10. The van der Waals surface area contributed by atoms with Crippen molar-refractivity contribution in [3.8, 4) is 0 Å². The van der Waals surface area contributed by atoms with Gasteiger partial charge in [0.25, 0.3) is 0 Å². The van der Waals surface area contributed by atoms with Crippen molar-refractivity contribution in [1.29, 1.82) is 0 Å². The molecule has 2 unspecified atom stereocenters. The third-order valence-electron chi connectivity index (χ3n) is 2.08. The van der Waals surface area contributed by atoms with Crippen molar-refractivity contribution >= 4 is 10.8 Å². The summed E-state index contributed by atoms with van der Waals surface area (Å²) in [4.78, 5) is 0. The highest BCUT2D eigenvalue weighted by atomic mass is 32.2. The van der Waals surface area contributed by atoms with Crippen LogP contribution < -0.4 is 5.32 Å². The molecule has 14 heavy (non-hydrogen) atoms. The van der Waals surface area contributed by atoms with Crippen LogP contribution in [0.3, 0.4) is 0 Å². The summed E-state index contributed by atoms with van der Waals surface area (Å²) >= 11 is 0. The van der Waals surface area contributed by atoms with Gasteiger partial charge in [0.2, 0.25) is 0 Å². The zero-order valence-corrected chi connectivity index (χ0v) is 10.8. The van der Waals surface area contributed by atoms with Gasteiger partial charge in [0, 0.05) is 28.3 Å². The summed E-state index contributed by atoms with van der Waals surface area (Å²) in [5.41, 5.74) is 0. The molecule has 0 aliphatic heterocycles. The topological polar surface area (TPSA) is 29.1 Å². The van der Waals surface area contributed by atoms with Crippen molar-refractivity contribution in [2.45, 2.75) is 46.6 Å². The second kappa shape index (κ2) is 8.42. The van der Waals surface area contributed by atoms with Gasteiger partial charge in [-0.05, 0) is 25.3 Å². The smallest absolute Gasteiger partial charge is 0.0388 e. The highest BCUT2D eigenvalue weighted by Crippen LogP contribution is 2.00. The fourth-order valence-electron chi connectivity index (χ4n) is 1.33. The van der Waals surface area contributed by atoms with Crippen molar-refractivity contribution in [3.63, 3.8) is 0 Å². The molecule has 0 heterocycles. The second-order valence-corrected chi connectivity index (χ2v) is 5.77. The van der Waals surface area contributed by atoms with E-state index in [0.717, 1.165) is 30.9 Å². The molecule has 0 spiro atoms. The van der Waals surface area contributed by atoms with Crippen molar-refractivity contribution in [2.24, 2.45) is 5.92 Å². The first kappa shape index (κ1) is 14.1. The van der Waals surface area contributed by atoms with Gasteiger partial charge < -0.3 is 5.32 Å². The Morgan fingerprint density at radius 1 is 1.21 bits per heavy atom. The molecule has 0 aromatic rings. The average molecular weight is 219 g/mol. The van der Waals surface area contributed by atoms with Gasteiger partial charge in [-0.3, -0.25) is 4.21 Å². The molecule has 0 aromatic heterocycles. The van der Waals surface area contributed by atoms with Crippen LogP contribution in [-0.2, 0) is 10.8 Å². The molecule has 86 valence electrons. The molecule has 0 aliphatic carbocycles. The van der Waals surface area contributed by atoms with Crippen LogP contribution in [0.1, 0.15) is 40.5 Å². The van der Waals surface area contributed by atoms with Crippen molar-refractivity contribution in [3.05, 3.63) is 0 Å². The number of hydrogen-bond acceptors (Lipinski definition) is 2. The third-order valence-corrected chi connectivity index (χ3v) is 3.89. The van der Waals surface area contributed by atoms with Gasteiger partial charge in [-0.1, -0.05) is 27.7 Å². The lowest BCUT2D eigenvalue weighted by Gasteiger charge is -2.16. The van der Waals surface area contributed by atoms with E-state index in [1.165, 1.54) is 0 Å². The Labute approximate surface area is 91.3 Å². The van der Waals surface area contributed by atoms with Crippen LogP contribution >= 0.6 is 0 Å². The molecule has 3 heteroatoms. The zero-order chi connectivity index (χ0) is 11.0. The Hall–Kier alpha value is 0.110. The summed E-state index contributed by atoms with van der Waals surface area (Å²) < 4.78 is 11.7. The molecule has 2 atom stereocenters. The number of nitrogens with one attached hydrogen (secondary N) is 1. The summed E-state index contributed by atoms with van der Waals surface area (Å²) in [5, 5.41) is 3.43. The molecule has 0 saturated carbocycles. The normalized spacial score (nSPS) is 15.8. The Kier molecular flexibility index (Phi) is 8.49. The molecule has 0 fully saturated rings. The molecular weight excluding hydrogens is 194 g/mol. The fraction of sp³-hybridized carbons (Fsp3) is 1.00. The van der Waals surface area contributed by atoms with Crippen molar-refractivity contribution < 1.29 is 4.21 Å². The predicted octanol–water partition coefficient (Wildman–Crippen LogP) is 2.17. The van der Waals surface area contributed by atoms with Gasteiger partial charge in [-0.2, -0.15) is 0 Å². The van der Waals surface area contributed by atoms with E-state index in [9.17, 15) is 4.21 Å². The van der Waals surface area contributed by atoms with E-state index in [4.69, 9.17) is 0 Å². The van der Waals surface area contributed by atoms with Crippen molar-refractivity contribution in [1.82, 2.24) is 5.32 Å². The highest BCUT2D eigenvalue weighted by molar-refractivity contribution is 7.85. The predicted molar refractivity (Wildman–Crippen MR) is 65.1 cm³/mol. The minimum absolute atomic E-state index is 0.439. The van der Waals surface area contributed by atoms with Gasteiger partial charge in [0.05, 0.1) is 0 Å². The largest absolute Gasteiger partial charge is 0.313 e. The monoisotopic (exact) mass is 219 g/mol. The van der Waals surface area contributed by atoms with E-state index in [0.29, 0.717) is 12.0 Å². The quantitative estimate of drug-likeness (QED) is 0.678. The maximum absolute atomic E-state index is 11.7. The Morgan fingerprint density at radius 3 is 2.29 bits per heavy atom. The van der Waals surface area contributed by atoms with E-state index >= 15 is 0 Å². The summed E-state index contributed by atoms with van der Waals surface area (Å²) in [5.74, 6) is 2.19. The second-order valence-electron chi connectivity index (χ2n) is 4.23. The molecule has 0 aromatic carbocycles. The van der Waals surface area contributed by atoms with E-state index in [2.05, 4.69) is 33.0 Å². The van der Waals surface area contributed by atoms with Gasteiger partial charge in [0.15, 0.2) is 0 Å². The molecule has 0 aliphatic rings. The van der Waals surface area contributed by atoms with Crippen LogP contribution in [0, 0.1) is 5.92 Å². The van der Waals surface area contributed by atoms with Gasteiger partial charge >= 0.3 is 0 Å². The molecule has 0 radical (unpaired) electrons. The summed E-state index contributed by atoms with van der Waals surface area (Å²) in [6.07, 6.45) is 2.22. The summed E-state index contributed by atoms with van der Waals surface area (Å²) in [6.45, 7) is 9.60. The van der Waals surface area contributed by atoms with Crippen molar-refractivity contribution in [2.75, 3.05) is 18.1 Å². The molecule has 0 rings (SSSR count). The molecular formula is C11H25NOS. The van der Waals surface area contributed by atoms with E-state index in [1.807, 2.05) is 0 Å². The van der Waals surface area contributed by atoms with E-state index in [-0.39, 0.29) is 0 Å². The molecule has 0 bridgehead atoms. The Bertz CT molecular complexity index is 159. The molecule has 2 nitrogen and oxygen atoms in total. The van der Waals surface area contributed by atoms with Crippen LogP contribution in [0.4, 0.5) is 0 Å². The Morgan fingerprint density at radius 2 is 1.86 bits per heavy atom. The minimum atomic E-state index is -0.646. The average Bonchev–Trinajstić information content (AvgIpc) is 2.10. The lowest BCUT2D eigenvalue weighted by atomic mass is 10.2. The lowest BCUT2D eigenvalue weighted by Crippen LogP contribution is -2.34. The zero-order valence-electron chi connectivity index (χ0n) is 10.0. The number of hydrogen-bond donors (Lipinski definition) is 1. The van der Waals surface area contributed by atoms with Crippen LogP contribution in [0.15, 0.2) is 0 Å². The molecule has 1 N–H and O–H groups in total. The number of rotatable bonds is 8. The first-order valence-electron chi connectivity index (χ1n) is 5.68. The van der Waals surface area contributed by atoms with Crippen LogP contribution in [0.5, 0.6) is 0 Å². The third kappa shape index (κ3) is 7.51. The molecule has 0 amide bonds.